The van der Waals surface area contributed by atoms with E-state index < -0.39 is 0 Å². The van der Waals surface area contributed by atoms with E-state index in [1.807, 2.05) is 54.0 Å². The third kappa shape index (κ3) is 3.78. The first kappa shape index (κ1) is 18.9. The van der Waals surface area contributed by atoms with E-state index in [0.717, 1.165) is 21.9 Å². The smallest absolute Gasteiger partial charge is 0.291 e. The number of nitrogens with zero attached hydrogens (tertiary/aromatic N) is 3. The first-order valence-electron chi connectivity index (χ1n) is 9.80. The van der Waals surface area contributed by atoms with Crippen LogP contribution in [0.4, 0.5) is 0 Å². The number of nitrogens with one attached hydrogen (secondary N) is 1. The number of carbonyl (C=O) groups is 1. The van der Waals surface area contributed by atoms with Gasteiger partial charge in [-0.15, -0.1) is 0 Å². The largest absolute Gasteiger partial charge is 0.352 e. The van der Waals surface area contributed by atoms with Gasteiger partial charge in [0.05, 0.1) is 6.20 Å². The second-order valence-corrected chi connectivity index (χ2v) is 7.37. The molecule has 0 saturated heterocycles. The van der Waals surface area contributed by atoms with Crippen molar-refractivity contribution < 1.29 is 4.79 Å². The molecular weight excluding hydrogens is 364 g/mol. The van der Waals surface area contributed by atoms with E-state index in [1.54, 1.807) is 13.2 Å². The summed E-state index contributed by atoms with van der Waals surface area (Å²) < 4.78 is 3.37. The van der Waals surface area contributed by atoms with E-state index in [-0.39, 0.29) is 11.5 Å². The molecule has 148 valence electrons. The Hall–Kier alpha value is -3.41. The van der Waals surface area contributed by atoms with Gasteiger partial charge < -0.3 is 9.88 Å². The number of carbonyl (C=O) groups excluding carboxylic acids is 1. The molecule has 1 amide bonds. The molecule has 2 heterocycles. The molecule has 0 bridgehead atoms. The summed E-state index contributed by atoms with van der Waals surface area (Å²) in [6.07, 6.45) is 2.80. The Kier molecular flexibility index (Phi) is 5.16. The van der Waals surface area contributed by atoms with Crippen LogP contribution in [0.3, 0.4) is 0 Å². The highest BCUT2D eigenvalue weighted by Crippen LogP contribution is 2.26. The molecule has 4 aromatic rings. The minimum Gasteiger partial charge on any atom is -0.352 e. The number of aromatic nitrogens is 3. The van der Waals surface area contributed by atoms with Crippen LogP contribution in [0, 0.1) is 6.92 Å². The predicted molar refractivity (Wildman–Crippen MR) is 115 cm³/mol. The van der Waals surface area contributed by atoms with Crippen molar-refractivity contribution in [3.63, 3.8) is 0 Å². The van der Waals surface area contributed by atoms with E-state index in [2.05, 4.69) is 16.5 Å². The van der Waals surface area contributed by atoms with E-state index in [9.17, 15) is 9.59 Å². The topological polar surface area (TPSA) is 68.9 Å². The number of hydrogen-bond acceptors (Lipinski definition) is 3. The molecule has 0 fully saturated rings. The maximum Gasteiger partial charge on any atom is 0.291 e. The molecular formula is C23H24N4O2. The highest BCUT2D eigenvalue weighted by atomic mass is 16.1. The maximum absolute atomic E-state index is 12.7. The summed E-state index contributed by atoms with van der Waals surface area (Å²) in [5.74, 6) is 0.0156. The monoisotopic (exact) mass is 388 g/mol. The summed E-state index contributed by atoms with van der Waals surface area (Å²) >= 11 is 0. The fraction of sp³-hybridized carbons (Fsp3) is 0.261. The molecule has 2 aromatic carbocycles. The van der Waals surface area contributed by atoms with Crippen LogP contribution in [0.5, 0.6) is 0 Å². The Morgan fingerprint density at radius 1 is 1.10 bits per heavy atom. The highest BCUT2D eigenvalue weighted by molar-refractivity contribution is 6.07. The molecule has 29 heavy (non-hydrogen) atoms. The normalized spacial score (nSPS) is 11.2. The molecule has 0 unspecified atom stereocenters. The molecule has 6 nitrogen and oxygen atoms in total. The zero-order valence-corrected chi connectivity index (χ0v) is 16.7. The van der Waals surface area contributed by atoms with Gasteiger partial charge in [0, 0.05) is 42.8 Å². The Morgan fingerprint density at radius 3 is 2.76 bits per heavy atom. The molecule has 6 heteroatoms. The molecule has 0 aliphatic carbocycles. The molecule has 0 atom stereocenters. The van der Waals surface area contributed by atoms with Crippen LogP contribution in [-0.2, 0) is 24.9 Å². The van der Waals surface area contributed by atoms with Gasteiger partial charge in [0.1, 0.15) is 5.52 Å². The summed E-state index contributed by atoms with van der Waals surface area (Å²) in [5.41, 5.74) is 3.79. The first-order valence-corrected chi connectivity index (χ1v) is 9.80. The number of rotatable bonds is 6. The summed E-state index contributed by atoms with van der Waals surface area (Å²) in [6.45, 7) is 3.17. The Labute approximate surface area is 168 Å². The zero-order chi connectivity index (χ0) is 20.4. The highest BCUT2D eigenvalue weighted by Gasteiger charge is 2.15. The van der Waals surface area contributed by atoms with Gasteiger partial charge in [-0.2, -0.15) is 5.10 Å². The van der Waals surface area contributed by atoms with Crippen LogP contribution in [-0.4, -0.2) is 20.3 Å². The molecule has 0 saturated carbocycles. The van der Waals surface area contributed by atoms with E-state index >= 15 is 0 Å². The summed E-state index contributed by atoms with van der Waals surface area (Å²) in [5, 5.41) is 9.01. The Morgan fingerprint density at radius 2 is 1.93 bits per heavy atom. The van der Waals surface area contributed by atoms with Gasteiger partial charge in [-0.25, -0.2) is 4.68 Å². The second kappa shape index (κ2) is 7.91. The lowest BCUT2D eigenvalue weighted by Gasteiger charge is -2.09. The van der Waals surface area contributed by atoms with Crippen molar-refractivity contribution in [2.45, 2.75) is 32.9 Å². The Balaban J connectivity index is 1.48. The summed E-state index contributed by atoms with van der Waals surface area (Å²) in [7, 11) is 1.66. The van der Waals surface area contributed by atoms with Crippen LogP contribution < -0.4 is 10.9 Å². The molecule has 0 radical (unpaired) electrons. The minimum atomic E-state index is -0.123. The minimum absolute atomic E-state index is 0.0156. The van der Waals surface area contributed by atoms with Crippen molar-refractivity contribution in [3.8, 4) is 0 Å². The van der Waals surface area contributed by atoms with Crippen LogP contribution in [0.1, 0.15) is 24.0 Å². The average Bonchev–Trinajstić information content (AvgIpc) is 3.04. The SMILES string of the molecule is Cc1cccc(CNC(=O)CCCn2c3ccccc3c3cnn(C)c(=O)c32)c1. The van der Waals surface area contributed by atoms with Crippen molar-refractivity contribution >= 4 is 27.7 Å². The van der Waals surface area contributed by atoms with Crippen LogP contribution in [0.15, 0.2) is 59.5 Å². The van der Waals surface area contributed by atoms with Gasteiger partial charge in [-0.3, -0.25) is 9.59 Å². The van der Waals surface area contributed by atoms with Gasteiger partial charge in [0.25, 0.3) is 5.56 Å². The maximum atomic E-state index is 12.7. The number of hydrogen-bond donors (Lipinski definition) is 1. The van der Waals surface area contributed by atoms with Crippen LogP contribution >= 0.6 is 0 Å². The molecule has 0 aliphatic rings. The number of fused-ring (bicyclic) bond motifs is 3. The second-order valence-electron chi connectivity index (χ2n) is 7.37. The quantitative estimate of drug-likeness (QED) is 0.551. The van der Waals surface area contributed by atoms with Gasteiger partial charge in [0.15, 0.2) is 0 Å². The fourth-order valence-electron chi connectivity index (χ4n) is 3.78. The van der Waals surface area contributed by atoms with Crippen molar-refractivity contribution in [1.82, 2.24) is 19.7 Å². The lowest BCUT2D eigenvalue weighted by atomic mass is 10.1. The lowest BCUT2D eigenvalue weighted by Crippen LogP contribution is -2.23. The van der Waals surface area contributed by atoms with E-state index in [0.29, 0.717) is 31.4 Å². The molecule has 2 aromatic heterocycles. The molecule has 0 spiro atoms. The third-order valence-electron chi connectivity index (χ3n) is 5.22. The molecule has 4 rings (SSSR count). The third-order valence-corrected chi connectivity index (χ3v) is 5.22. The van der Waals surface area contributed by atoms with Crippen molar-refractivity contribution in [2.75, 3.05) is 0 Å². The van der Waals surface area contributed by atoms with Crippen LogP contribution in [0.25, 0.3) is 21.8 Å². The van der Waals surface area contributed by atoms with Crippen LogP contribution in [0.2, 0.25) is 0 Å². The standard InChI is InChI=1S/C23H24N4O2/c1-16-7-5-8-17(13-16)14-24-21(28)11-6-12-27-20-10-4-3-9-18(20)19-15-25-26(2)23(29)22(19)27/h3-5,7-10,13,15H,6,11-12,14H2,1-2H3,(H,24,28). The van der Waals surface area contributed by atoms with Crippen molar-refractivity contribution in [2.24, 2.45) is 7.05 Å². The fourth-order valence-corrected chi connectivity index (χ4v) is 3.78. The van der Waals surface area contributed by atoms with Gasteiger partial charge in [0.2, 0.25) is 5.91 Å². The first-order chi connectivity index (χ1) is 14.0. The number of amides is 1. The number of aryl methyl sites for hydroxylation is 3. The predicted octanol–water partition coefficient (Wildman–Crippen LogP) is 3.29. The van der Waals surface area contributed by atoms with Gasteiger partial charge in [-0.05, 0) is 25.0 Å². The average molecular weight is 388 g/mol. The van der Waals surface area contributed by atoms with Crippen molar-refractivity contribution in [1.29, 1.82) is 0 Å². The zero-order valence-electron chi connectivity index (χ0n) is 16.7. The number of benzene rings is 2. The molecule has 1 N–H and O–H groups in total. The van der Waals surface area contributed by atoms with E-state index in [1.165, 1.54) is 10.2 Å². The van der Waals surface area contributed by atoms with E-state index in [4.69, 9.17) is 0 Å². The lowest BCUT2D eigenvalue weighted by molar-refractivity contribution is -0.121. The molecule has 0 aliphatic heterocycles. The number of para-hydroxylation sites is 1. The van der Waals surface area contributed by atoms with Crippen molar-refractivity contribution in [3.05, 3.63) is 76.2 Å². The Bertz CT molecular complexity index is 1250. The van der Waals surface area contributed by atoms with Gasteiger partial charge in [-0.1, -0.05) is 48.0 Å². The van der Waals surface area contributed by atoms with Gasteiger partial charge >= 0.3 is 0 Å². The summed E-state index contributed by atoms with van der Waals surface area (Å²) in [6, 6.07) is 16.0. The summed E-state index contributed by atoms with van der Waals surface area (Å²) in [4.78, 5) is 25.0.